The summed E-state index contributed by atoms with van der Waals surface area (Å²) in [5.41, 5.74) is 6.81. The van der Waals surface area contributed by atoms with E-state index in [1.54, 1.807) is 0 Å². The van der Waals surface area contributed by atoms with Crippen LogP contribution in [0.5, 0.6) is 0 Å². The molecule has 1 aliphatic rings. The predicted octanol–water partition coefficient (Wildman–Crippen LogP) is 0.892. The number of Topliss-reactive ketones (excluding diaryl/α,β-unsaturated/α-hetero) is 1. The van der Waals surface area contributed by atoms with Crippen LogP contribution in [0, 0.1) is 5.82 Å². The Morgan fingerprint density at radius 2 is 2.25 bits per heavy atom. The van der Waals surface area contributed by atoms with Crippen molar-refractivity contribution in [2.75, 3.05) is 0 Å². The van der Waals surface area contributed by atoms with E-state index in [2.05, 4.69) is 0 Å². The second kappa shape index (κ2) is 2.38. The molecule has 0 heterocycles. The Labute approximate surface area is 69.2 Å². The number of hydrogen-bond donors (Lipinski definition) is 1. The zero-order valence-corrected chi connectivity index (χ0v) is 6.38. The molecule has 12 heavy (non-hydrogen) atoms. The molecule has 1 atom stereocenters. The fourth-order valence-electron chi connectivity index (χ4n) is 1.50. The van der Waals surface area contributed by atoms with E-state index in [4.69, 9.17) is 5.73 Å². The van der Waals surface area contributed by atoms with Crippen molar-refractivity contribution in [1.82, 2.24) is 0 Å². The van der Waals surface area contributed by atoms with E-state index in [-0.39, 0.29) is 11.6 Å². The molecule has 0 aliphatic heterocycles. The minimum atomic E-state index is -0.471. The number of carbonyl (C=O) groups is 1. The summed E-state index contributed by atoms with van der Waals surface area (Å²) < 4.78 is 12.7. The summed E-state index contributed by atoms with van der Waals surface area (Å²) in [7, 11) is 0. The second-order valence-corrected chi connectivity index (χ2v) is 2.98. The fraction of sp³-hybridized carbons (Fsp3) is 0.222. The van der Waals surface area contributed by atoms with Gasteiger partial charge in [0.1, 0.15) is 5.82 Å². The van der Waals surface area contributed by atoms with Crippen LogP contribution >= 0.6 is 0 Å². The highest BCUT2D eigenvalue weighted by Crippen LogP contribution is 2.21. The quantitative estimate of drug-likeness (QED) is 0.620. The molecule has 2 rings (SSSR count). The summed E-state index contributed by atoms with van der Waals surface area (Å²) in [6.07, 6.45) is 0.464. The van der Waals surface area contributed by atoms with Crippen LogP contribution in [0.15, 0.2) is 18.2 Å². The molecule has 0 saturated carbocycles. The van der Waals surface area contributed by atoms with Crippen molar-refractivity contribution in [2.45, 2.75) is 12.5 Å². The summed E-state index contributed by atoms with van der Waals surface area (Å²) in [4.78, 5) is 11.3. The van der Waals surface area contributed by atoms with Crippen molar-refractivity contribution < 1.29 is 9.18 Å². The zero-order valence-electron chi connectivity index (χ0n) is 6.38. The van der Waals surface area contributed by atoms with Gasteiger partial charge in [-0.25, -0.2) is 4.39 Å². The number of halogens is 1. The Kier molecular flexibility index (Phi) is 1.48. The molecule has 2 N–H and O–H groups in total. The molecule has 0 bridgehead atoms. The normalized spacial score (nSPS) is 21.2. The average molecular weight is 165 g/mol. The molecule has 1 aromatic carbocycles. The molecular formula is C9H8FNO. The fourth-order valence-corrected chi connectivity index (χ4v) is 1.50. The summed E-state index contributed by atoms with van der Waals surface area (Å²) >= 11 is 0. The molecule has 0 fully saturated rings. The van der Waals surface area contributed by atoms with Gasteiger partial charge >= 0.3 is 0 Å². The average Bonchev–Trinajstić information content (AvgIpc) is 2.28. The molecular weight excluding hydrogens is 157 g/mol. The molecule has 0 radical (unpaired) electrons. The number of benzene rings is 1. The summed E-state index contributed by atoms with van der Waals surface area (Å²) in [5, 5.41) is 0. The minimum Gasteiger partial charge on any atom is -0.321 e. The lowest BCUT2D eigenvalue weighted by atomic mass is 10.1. The Hall–Kier alpha value is -1.22. The van der Waals surface area contributed by atoms with Crippen LogP contribution < -0.4 is 5.73 Å². The van der Waals surface area contributed by atoms with Crippen LogP contribution in [0.3, 0.4) is 0 Å². The van der Waals surface area contributed by atoms with Crippen molar-refractivity contribution >= 4 is 5.78 Å². The van der Waals surface area contributed by atoms with E-state index in [1.165, 1.54) is 18.2 Å². The molecule has 0 saturated heterocycles. The maximum Gasteiger partial charge on any atom is 0.180 e. The Balaban J connectivity index is 2.54. The molecule has 0 unspecified atom stereocenters. The first kappa shape index (κ1) is 7.43. The van der Waals surface area contributed by atoms with Gasteiger partial charge in [0, 0.05) is 5.56 Å². The maximum absolute atomic E-state index is 12.7. The molecule has 1 aliphatic carbocycles. The number of rotatable bonds is 0. The van der Waals surface area contributed by atoms with Crippen molar-refractivity contribution in [3.05, 3.63) is 35.1 Å². The number of carbonyl (C=O) groups excluding carboxylic acids is 1. The molecule has 0 amide bonds. The lowest BCUT2D eigenvalue weighted by Crippen LogP contribution is -2.26. The standard InChI is InChI=1S/C9H8FNO/c10-6-1-2-7-5(3-6)4-8(11)9(7)12/h1-3,8H,4,11H2/t8-/m0/s1. The van der Waals surface area contributed by atoms with E-state index in [9.17, 15) is 9.18 Å². The van der Waals surface area contributed by atoms with Gasteiger partial charge in [0.15, 0.2) is 5.78 Å². The number of ketones is 1. The lowest BCUT2D eigenvalue weighted by Gasteiger charge is -1.94. The largest absolute Gasteiger partial charge is 0.321 e. The van der Waals surface area contributed by atoms with Gasteiger partial charge in [-0.1, -0.05) is 0 Å². The van der Waals surface area contributed by atoms with E-state index in [1.807, 2.05) is 0 Å². The highest BCUT2D eigenvalue weighted by molar-refractivity contribution is 6.04. The van der Waals surface area contributed by atoms with Crippen molar-refractivity contribution in [1.29, 1.82) is 0 Å². The van der Waals surface area contributed by atoms with Crippen LogP contribution in [0.1, 0.15) is 15.9 Å². The first-order valence-corrected chi connectivity index (χ1v) is 3.76. The van der Waals surface area contributed by atoms with Gasteiger partial charge in [-0.2, -0.15) is 0 Å². The third kappa shape index (κ3) is 0.940. The van der Waals surface area contributed by atoms with Crippen molar-refractivity contribution in [3.63, 3.8) is 0 Å². The first-order chi connectivity index (χ1) is 5.68. The summed E-state index contributed by atoms with van der Waals surface area (Å²) in [6, 6.07) is 3.69. The van der Waals surface area contributed by atoms with E-state index >= 15 is 0 Å². The molecule has 2 nitrogen and oxygen atoms in total. The Morgan fingerprint density at radius 3 is 3.00 bits per heavy atom. The smallest absolute Gasteiger partial charge is 0.180 e. The molecule has 0 spiro atoms. The van der Waals surface area contributed by atoms with Crippen molar-refractivity contribution in [3.8, 4) is 0 Å². The van der Waals surface area contributed by atoms with Crippen LogP contribution in [0.2, 0.25) is 0 Å². The molecule has 1 aromatic rings. The first-order valence-electron chi connectivity index (χ1n) is 3.76. The van der Waals surface area contributed by atoms with E-state index in [0.717, 1.165) is 5.56 Å². The van der Waals surface area contributed by atoms with Crippen molar-refractivity contribution in [2.24, 2.45) is 5.73 Å². The second-order valence-electron chi connectivity index (χ2n) is 2.98. The van der Waals surface area contributed by atoms with Gasteiger partial charge in [-0.15, -0.1) is 0 Å². The molecule has 0 aromatic heterocycles. The highest BCUT2D eigenvalue weighted by Gasteiger charge is 2.27. The number of hydrogen-bond acceptors (Lipinski definition) is 2. The maximum atomic E-state index is 12.7. The van der Waals surface area contributed by atoms with Gasteiger partial charge < -0.3 is 5.73 Å². The lowest BCUT2D eigenvalue weighted by molar-refractivity contribution is 0.0974. The number of nitrogens with two attached hydrogens (primary N) is 1. The number of fused-ring (bicyclic) bond motifs is 1. The summed E-state index contributed by atoms with van der Waals surface area (Å²) in [5.74, 6) is -0.388. The highest BCUT2D eigenvalue weighted by atomic mass is 19.1. The topological polar surface area (TPSA) is 43.1 Å². The van der Waals surface area contributed by atoms with Gasteiger partial charge in [-0.05, 0) is 30.2 Å². The SMILES string of the molecule is N[C@H]1Cc2cc(F)ccc2C1=O. The van der Waals surface area contributed by atoms with Crippen LogP contribution in [0.4, 0.5) is 4.39 Å². The van der Waals surface area contributed by atoms with E-state index in [0.29, 0.717) is 12.0 Å². The van der Waals surface area contributed by atoms with Crippen LogP contribution in [-0.4, -0.2) is 11.8 Å². The van der Waals surface area contributed by atoms with E-state index < -0.39 is 6.04 Å². The Morgan fingerprint density at radius 1 is 1.50 bits per heavy atom. The van der Waals surface area contributed by atoms with Crippen LogP contribution in [0.25, 0.3) is 0 Å². The van der Waals surface area contributed by atoms with Crippen LogP contribution in [-0.2, 0) is 6.42 Å². The predicted molar refractivity (Wildman–Crippen MR) is 42.4 cm³/mol. The Bertz CT molecular complexity index is 348. The van der Waals surface area contributed by atoms with Gasteiger partial charge in [0.05, 0.1) is 6.04 Å². The summed E-state index contributed by atoms with van der Waals surface area (Å²) in [6.45, 7) is 0. The van der Waals surface area contributed by atoms with Gasteiger partial charge in [0.25, 0.3) is 0 Å². The van der Waals surface area contributed by atoms with Gasteiger partial charge in [-0.3, -0.25) is 4.79 Å². The zero-order chi connectivity index (χ0) is 8.72. The molecule has 3 heteroatoms. The third-order valence-corrected chi connectivity index (χ3v) is 2.11. The monoisotopic (exact) mass is 165 g/mol. The molecule has 62 valence electrons. The third-order valence-electron chi connectivity index (χ3n) is 2.11. The van der Waals surface area contributed by atoms with Gasteiger partial charge in [0.2, 0.25) is 0 Å². The minimum absolute atomic E-state index is 0.0787.